The van der Waals surface area contributed by atoms with E-state index >= 15 is 0 Å². The Kier molecular flexibility index (Phi) is 6.41. The van der Waals surface area contributed by atoms with Crippen molar-refractivity contribution in [1.82, 2.24) is 9.21 Å². The molecule has 2 heterocycles. The fourth-order valence-electron chi connectivity index (χ4n) is 3.34. The molecule has 0 bridgehead atoms. The minimum atomic E-state index is -3.36. The predicted molar refractivity (Wildman–Crippen MR) is 100 cm³/mol. The largest absolute Gasteiger partial charge is 0.342 e. The topological polar surface area (TPSA) is 57.7 Å². The minimum absolute atomic E-state index is 0.181. The van der Waals surface area contributed by atoms with E-state index in [0.717, 1.165) is 43.7 Å². The second-order valence-corrected chi connectivity index (χ2v) is 9.65. The Balaban J connectivity index is 1.56. The number of carbonyl (C=O) groups excluding carboxylic acids is 1. The van der Waals surface area contributed by atoms with Crippen LogP contribution in [-0.2, 0) is 14.8 Å². The van der Waals surface area contributed by atoms with E-state index in [2.05, 4.69) is 0 Å². The first-order chi connectivity index (χ1) is 12.1. The van der Waals surface area contributed by atoms with E-state index in [1.807, 2.05) is 17.0 Å². The van der Waals surface area contributed by atoms with Gasteiger partial charge >= 0.3 is 0 Å². The third-order valence-electron chi connectivity index (χ3n) is 4.85. The van der Waals surface area contributed by atoms with Crippen LogP contribution in [-0.4, -0.2) is 55.5 Å². The lowest BCUT2D eigenvalue weighted by Crippen LogP contribution is -2.33. The molecule has 2 saturated heterocycles. The molecule has 7 heteroatoms. The van der Waals surface area contributed by atoms with Gasteiger partial charge in [-0.1, -0.05) is 12.8 Å². The van der Waals surface area contributed by atoms with Crippen molar-refractivity contribution >= 4 is 27.7 Å². The van der Waals surface area contributed by atoms with E-state index in [1.54, 1.807) is 16.4 Å². The summed E-state index contributed by atoms with van der Waals surface area (Å²) in [6, 6.07) is 6.94. The number of amides is 1. The van der Waals surface area contributed by atoms with Crippen LogP contribution in [0.3, 0.4) is 0 Å². The molecule has 0 aromatic heterocycles. The second kappa shape index (κ2) is 8.56. The van der Waals surface area contributed by atoms with Crippen LogP contribution in [0.4, 0.5) is 0 Å². The highest BCUT2D eigenvalue weighted by Gasteiger charge is 2.27. The van der Waals surface area contributed by atoms with Crippen molar-refractivity contribution in [2.75, 3.05) is 31.9 Å². The van der Waals surface area contributed by atoms with Gasteiger partial charge in [-0.2, -0.15) is 4.31 Å². The van der Waals surface area contributed by atoms with Gasteiger partial charge in [0.15, 0.2) is 0 Å². The molecular formula is C18H26N2O3S2. The van der Waals surface area contributed by atoms with Crippen molar-refractivity contribution in [3.63, 3.8) is 0 Å². The Morgan fingerprint density at radius 2 is 1.44 bits per heavy atom. The number of carbonyl (C=O) groups is 1. The van der Waals surface area contributed by atoms with Crippen LogP contribution in [0.1, 0.15) is 38.5 Å². The first-order valence-electron chi connectivity index (χ1n) is 9.08. The highest BCUT2D eigenvalue weighted by Crippen LogP contribution is 2.25. The molecule has 2 aliphatic heterocycles. The van der Waals surface area contributed by atoms with Crippen molar-refractivity contribution in [2.24, 2.45) is 0 Å². The SMILES string of the molecule is O=C(CSc1ccc(S(=O)(=O)N2CCCC2)cc1)N1CCCCCC1. The number of benzene rings is 1. The van der Waals surface area contributed by atoms with Gasteiger partial charge in [-0.15, -0.1) is 11.8 Å². The summed E-state index contributed by atoms with van der Waals surface area (Å²) in [6.07, 6.45) is 6.49. The average molecular weight is 383 g/mol. The van der Waals surface area contributed by atoms with Crippen molar-refractivity contribution < 1.29 is 13.2 Å². The average Bonchev–Trinajstić information content (AvgIpc) is 3.04. The zero-order chi connectivity index (χ0) is 17.7. The molecule has 0 aliphatic carbocycles. The molecule has 0 spiro atoms. The smallest absolute Gasteiger partial charge is 0.243 e. The van der Waals surface area contributed by atoms with E-state index in [9.17, 15) is 13.2 Å². The van der Waals surface area contributed by atoms with Crippen LogP contribution in [0.5, 0.6) is 0 Å². The summed E-state index contributed by atoms with van der Waals surface area (Å²) in [7, 11) is -3.36. The maximum absolute atomic E-state index is 12.5. The maximum Gasteiger partial charge on any atom is 0.243 e. The van der Waals surface area contributed by atoms with Gasteiger partial charge < -0.3 is 4.90 Å². The fraction of sp³-hybridized carbons (Fsp3) is 0.611. The minimum Gasteiger partial charge on any atom is -0.342 e. The number of sulfonamides is 1. The zero-order valence-corrected chi connectivity index (χ0v) is 16.2. The summed E-state index contributed by atoms with van der Waals surface area (Å²) < 4.78 is 26.6. The van der Waals surface area contributed by atoms with E-state index in [-0.39, 0.29) is 5.91 Å². The summed E-state index contributed by atoms with van der Waals surface area (Å²) in [4.78, 5) is 15.6. The van der Waals surface area contributed by atoms with Crippen LogP contribution in [0.15, 0.2) is 34.1 Å². The van der Waals surface area contributed by atoms with Gasteiger partial charge in [0.05, 0.1) is 10.6 Å². The molecule has 0 unspecified atom stereocenters. The molecule has 5 nitrogen and oxygen atoms in total. The molecule has 25 heavy (non-hydrogen) atoms. The molecule has 0 N–H and O–H groups in total. The monoisotopic (exact) mass is 382 g/mol. The molecular weight excluding hydrogens is 356 g/mol. The Labute approximate surface area is 154 Å². The Morgan fingerprint density at radius 3 is 2.04 bits per heavy atom. The van der Waals surface area contributed by atoms with Gasteiger partial charge in [0, 0.05) is 31.1 Å². The van der Waals surface area contributed by atoms with Crippen molar-refractivity contribution in [3.05, 3.63) is 24.3 Å². The second-order valence-electron chi connectivity index (χ2n) is 6.67. The number of likely N-dealkylation sites (tertiary alicyclic amines) is 1. The van der Waals surface area contributed by atoms with Crippen molar-refractivity contribution in [1.29, 1.82) is 0 Å². The van der Waals surface area contributed by atoms with E-state index < -0.39 is 10.0 Å². The van der Waals surface area contributed by atoms with Gasteiger partial charge in [0.25, 0.3) is 0 Å². The summed E-state index contributed by atoms with van der Waals surface area (Å²) >= 11 is 1.48. The summed E-state index contributed by atoms with van der Waals surface area (Å²) in [6.45, 7) is 2.96. The molecule has 1 amide bonds. The maximum atomic E-state index is 12.5. The zero-order valence-electron chi connectivity index (χ0n) is 14.5. The van der Waals surface area contributed by atoms with Gasteiger partial charge in [-0.25, -0.2) is 8.42 Å². The number of nitrogens with zero attached hydrogens (tertiary/aromatic N) is 2. The van der Waals surface area contributed by atoms with Gasteiger partial charge in [-0.3, -0.25) is 4.79 Å². The van der Waals surface area contributed by atoms with Crippen LogP contribution in [0.2, 0.25) is 0 Å². The molecule has 2 fully saturated rings. The van der Waals surface area contributed by atoms with Crippen LogP contribution in [0.25, 0.3) is 0 Å². The Bertz CT molecular complexity index is 675. The number of thioether (sulfide) groups is 1. The molecule has 1 aromatic carbocycles. The van der Waals surface area contributed by atoms with E-state index in [0.29, 0.717) is 23.7 Å². The Morgan fingerprint density at radius 1 is 0.880 bits per heavy atom. The molecule has 3 rings (SSSR count). The standard InChI is InChI=1S/C18H26N2O3S2/c21-18(19-11-3-1-2-4-12-19)15-24-16-7-9-17(10-8-16)25(22,23)20-13-5-6-14-20/h7-10H,1-6,11-15H2. The first-order valence-corrected chi connectivity index (χ1v) is 11.5. The lowest BCUT2D eigenvalue weighted by Gasteiger charge is -2.20. The summed E-state index contributed by atoms with van der Waals surface area (Å²) in [5.41, 5.74) is 0. The highest BCUT2D eigenvalue weighted by atomic mass is 32.2. The summed E-state index contributed by atoms with van der Waals surface area (Å²) in [5, 5.41) is 0. The normalized spacial score (nSPS) is 19.8. The highest BCUT2D eigenvalue weighted by molar-refractivity contribution is 8.00. The van der Waals surface area contributed by atoms with Crippen LogP contribution >= 0.6 is 11.8 Å². The van der Waals surface area contributed by atoms with Gasteiger partial charge in [0.2, 0.25) is 15.9 Å². The number of hydrogen-bond donors (Lipinski definition) is 0. The summed E-state index contributed by atoms with van der Waals surface area (Å²) in [5.74, 6) is 0.596. The fourth-order valence-corrected chi connectivity index (χ4v) is 5.66. The number of rotatable bonds is 5. The Hall–Kier alpha value is -1.05. The lowest BCUT2D eigenvalue weighted by atomic mass is 10.2. The lowest BCUT2D eigenvalue weighted by molar-refractivity contribution is -0.128. The third kappa shape index (κ3) is 4.77. The third-order valence-corrected chi connectivity index (χ3v) is 7.76. The van der Waals surface area contributed by atoms with Gasteiger partial charge in [0.1, 0.15) is 0 Å². The van der Waals surface area contributed by atoms with E-state index in [1.165, 1.54) is 24.6 Å². The molecule has 1 aromatic rings. The molecule has 138 valence electrons. The van der Waals surface area contributed by atoms with Gasteiger partial charge in [-0.05, 0) is 49.9 Å². The quantitative estimate of drug-likeness (QED) is 0.735. The number of hydrogen-bond acceptors (Lipinski definition) is 4. The predicted octanol–water partition coefficient (Wildman–Crippen LogP) is 2.97. The first kappa shape index (κ1) is 18.7. The van der Waals surface area contributed by atoms with Crippen molar-refractivity contribution in [2.45, 2.75) is 48.3 Å². The molecule has 2 aliphatic rings. The molecule has 0 atom stereocenters. The molecule has 0 radical (unpaired) electrons. The van der Waals surface area contributed by atoms with Crippen LogP contribution < -0.4 is 0 Å². The van der Waals surface area contributed by atoms with Crippen molar-refractivity contribution in [3.8, 4) is 0 Å². The molecule has 0 saturated carbocycles. The van der Waals surface area contributed by atoms with Crippen LogP contribution in [0, 0.1) is 0 Å². The van der Waals surface area contributed by atoms with E-state index in [4.69, 9.17) is 0 Å².